The number of H-pyrrole nitrogens is 1. The fraction of sp³-hybridized carbons (Fsp3) is 0.452. The second-order valence-corrected chi connectivity index (χ2v) is 10.9. The Morgan fingerprint density at radius 3 is 2.81 bits per heavy atom. The maximum absolute atomic E-state index is 12.4. The number of furan rings is 1. The lowest BCUT2D eigenvalue weighted by Gasteiger charge is -2.31. The van der Waals surface area contributed by atoms with E-state index in [1.165, 1.54) is 19.1 Å². The maximum Gasteiger partial charge on any atom is 0.325 e. The average Bonchev–Trinajstić information content (AvgIpc) is 3.75. The Morgan fingerprint density at radius 2 is 2.05 bits per heavy atom. The van der Waals surface area contributed by atoms with E-state index in [0.29, 0.717) is 12.5 Å². The van der Waals surface area contributed by atoms with Gasteiger partial charge in [0.1, 0.15) is 35.1 Å². The molecule has 1 amide bonds. The van der Waals surface area contributed by atoms with Crippen LogP contribution in [0, 0.1) is 11.3 Å². The molecule has 0 aliphatic carbocycles. The molecule has 1 aliphatic rings. The average molecular weight is 572 g/mol. The Balaban J connectivity index is 1.23. The lowest BCUT2D eigenvalue weighted by atomic mass is 10.0. The predicted octanol–water partition coefficient (Wildman–Crippen LogP) is 4.62. The Morgan fingerprint density at radius 1 is 1.24 bits per heavy atom. The SMILES string of the molecule is COC(=O)CN(C)C(=O)/C(C#N)=C/CCCCCc1ccc(-c2nc3cnc4[nH]ccc4c3n2C2CCN(C)CC2)o1. The van der Waals surface area contributed by atoms with Crippen LogP contribution in [0.5, 0.6) is 0 Å². The number of pyridine rings is 1. The van der Waals surface area contributed by atoms with Crippen LogP contribution in [0.4, 0.5) is 0 Å². The van der Waals surface area contributed by atoms with E-state index >= 15 is 0 Å². The molecule has 220 valence electrons. The Hall–Kier alpha value is -4.43. The molecule has 42 heavy (non-hydrogen) atoms. The quantitative estimate of drug-likeness (QED) is 0.119. The predicted molar refractivity (Wildman–Crippen MR) is 158 cm³/mol. The van der Waals surface area contributed by atoms with Crippen LogP contribution in [0.25, 0.3) is 33.7 Å². The summed E-state index contributed by atoms with van der Waals surface area (Å²) in [6, 6.07) is 8.39. The van der Waals surface area contributed by atoms with Crippen LogP contribution in [0.1, 0.15) is 50.3 Å². The number of aromatic amines is 1. The zero-order valence-corrected chi connectivity index (χ0v) is 24.4. The monoisotopic (exact) mass is 571 g/mol. The van der Waals surface area contributed by atoms with Gasteiger partial charge in [-0.25, -0.2) is 9.97 Å². The Labute approximate surface area is 244 Å². The fourth-order valence-corrected chi connectivity index (χ4v) is 5.59. The first-order valence-electron chi connectivity index (χ1n) is 14.4. The molecule has 0 bridgehead atoms. The molecule has 0 saturated carbocycles. The second-order valence-electron chi connectivity index (χ2n) is 10.9. The number of methoxy groups -OCH3 is 1. The lowest BCUT2D eigenvalue weighted by Crippen LogP contribution is -2.33. The van der Waals surface area contributed by atoms with Crippen LogP contribution in [-0.2, 0) is 20.7 Å². The topological polar surface area (TPSA) is 133 Å². The highest BCUT2D eigenvalue weighted by Crippen LogP contribution is 2.36. The molecule has 0 radical (unpaired) electrons. The molecular weight excluding hydrogens is 534 g/mol. The molecule has 4 aromatic rings. The number of ether oxygens (including phenoxy) is 1. The van der Waals surface area contributed by atoms with Crippen molar-refractivity contribution in [2.24, 2.45) is 0 Å². The summed E-state index contributed by atoms with van der Waals surface area (Å²) in [5, 5.41) is 10.4. The van der Waals surface area contributed by atoms with Crippen molar-refractivity contribution in [1.29, 1.82) is 5.26 Å². The van der Waals surface area contributed by atoms with E-state index in [4.69, 9.17) is 9.40 Å². The number of piperidine rings is 1. The fourth-order valence-electron chi connectivity index (χ4n) is 5.59. The van der Waals surface area contributed by atoms with Crippen molar-refractivity contribution in [2.75, 3.05) is 40.8 Å². The van der Waals surface area contributed by atoms with Gasteiger partial charge in [-0.05, 0) is 70.4 Å². The summed E-state index contributed by atoms with van der Waals surface area (Å²) in [7, 11) is 4.90. The maximum atomic E-state index is 12.4. The summed E-state index contributed by atoms with van der Waals surface area (Å²) in [5.41, 5.74) is 2.87. The normalized spacial score (nSPS) is 14.9. The molecule has 0 unspecified atom stereocenters. The smallest absolute Gasteiger partial charge is 0.325 e. The molecule has 5 heterocycles. The van der Waals surface area contributed by atoms with E-state index in [9.17, 15) is 14.9 Å². The molecule has 11 nitrogen and oxygen atoms in total. The molecule has 1 fully saturated rings. The minimum atomic E-state index is -0.529. The zero-order chi connectivity index (χ0) is 29.6. The minimum absolute atomic E-state index is 0.0386. The van der Waals surface area contributed by atoms with Gasteiger partial charge >= 0.3 is 5.97 Å². The van der Waals surface area contributed by atoms with Gasteiger partial charge in [-0.1, -0.05) is 12.5 Å². The molecule has 0 atom stereocenters. The zero-order valence-electron chi connectivity index (χ0n) is 24.4. The van der Waals surface area contributed by atoms with E-state index < -0.39 is 11.9 Å². The van der Waals surface area contributed by atoms with Gasteiger partial charge in [0.25, 0.3) is 5.91 Å². The molecule has 1 aliphatic heterocycles. The number of nitrogens with one attached hydrogen (secondary N) is 1. The van der Waals surface area contributed by atoms with Gasteiger partial charge in [-0.2, -0.15) is 5.26 Å². The first-order chi connectivity index (χ1) is 20.4. The summed E-state index contributed by atoms with van der Waals surface area (Å²) >= 11 is 0. The van der Waals surface area contributed by atoms with E-state index in [1.807, 2.05) is 30.6 Å². The second kappa shape index (κ2) is 13.0. The number of esters is 1. The van der Waals surface area contributed by atoms with Crippen molar-refractivity contribution in [2.45, 2.75) is 51.0 Å². The van der Waals surface area contributed by atoms with Gasteiger partial charge in [-0.3, -0.25) is 9.59 Å². The number of carbonyl (C=O) groups excluding carboxylic acids is 2. The van der Waals surface area contributed by atoms with Crippen molar-refractivity contribution >= 4 is 33.9 Å². The molecule has 0 spiro atoms. The molecule has 4 aromatic heterocycles. The summed E-state index contributed by atoms with van der Waals surface area (Å²) in [5.74, 6) is 1.51. The number of imidazole rings is 1. The molecule has 11 heteroatoms. The summed E-state index contributed by atoms with van der Waals surface area (Å²) in [6.07, 6.45) is 11.6. The number of hydrogen-bond donors (Lipinski definition) is 1. The highest BCUT2D eigenvalue weighted by Gasteiger charge is 2.27. The van der Waals surface area contributed by atoms with Crippen LogP contribution in [0.2, 0.25) is 0 Å². The van der Waals surface area contributed by atoms with E-state index in [2.05, 4.69) is 37.3 Å². The van der Waals surface area contributed by atoms with E-state index in [1.54, 1.807) is 6.08 Å². The van der Waals surface area contributed by atoms with Crippen molar-refractivity contribution in [3.8, 4) is 17.7 Å². The largest absolute Gasteiger partial charge is 0.468 e. The molecule has 5 rings (SSSR count). The third kappa shape index (κ3) is 6.24. The third-order valence-corrected chi connectivity index (χ3v) is 7.94. The summed E-state index contributed by atoms with van der Waals surface area (Å²) < 4.78 is 13.3. The first-order valence-corrected chi connectivity index (χ1v) is 14.4. The summed E-state index contributed by atoms with van der Waals surface area (Å²) in [6.45, 7) is 1.89. The molecule has 1 saturated heterocycles. The molecule has 0 aromatic carbocycles. The molecule has 1 N–H and O–H groups in total. The van der Waals surface area contributed by atoms with Crippen LogP contribution in [0.3, 0.4) is 0 Å². The van der Waals surface area contributed by atoms with Crippen LogP contribution in [-0.4, -0.2) is 82.0 Å². The number of unbranched alkanes of at least 4 members (excludes halogenated alkanes) is 3. The number of allylic oxidation sites excluding steroid dienone is 1. The van der Waals surface area contributed by atoms with Gasteiger partial charge < -0.3 is 28.5 Å². The van der Waals surface area contributed by atoms with Gasteiger partial charge in [0.05, 0.1) is 18.8 Å². The van der Waals surface area contributed by atoms with Crippen LogP contribution >= 0.6 is 0 Å². The van der Waals surface area contributed by atoms with E-state index in [-0.39, 0.29) is 12.1 Å². The number of rotatable bonds is 11. The van der Waals surface area contributed by atoms with Crippen molar-refractivity contribution < 1.29 is 18.7 Å². The van der Waals surface area contributed by atoms with Crippen molar-refractivity contribution in [3.63, 3.8) is 0 Å². The van der Waals surface area contributed by atoms with E-state index in [0.717, 1.165) is 91.0 Å². The van der Waals surface area contributed by atoms with Crippen LogP contribution < -0.4 is 0 Å². The van der Waals surface area contributed by atoms with Gasteiger partial charge in [0.2, 0.25) is 0 Å². The lowest BCUT2D eigenvalue weighted by molar-refractivity contribution is -0.144. The number of aryl methyl sites for hydroxylation is 1. The Bertz CT molecular complexity index is 1630. The number of aromatic nitrogens is 4. The number of fused-ring (bicyclic) bond motifs is 3. The number of hydrogen-bond acceptors (Lipinski definition) is 8. The highest BCUT2D eigenvalue weighted by atomic mass is 16.5. The number of nitriles is 1. The number of carbonyl (C=O) groups is 2. The number of likely N-dealkylation sites (tertiary alicyclic amines) is 1. The summed E-state index contributed by atoms with van der Waals surface area (Å²) in [4.78, 5) is 40.2. The standard InChI is InChI=1S/C31H37N7O4/c1-36-16-13-22(14-17-36)38-28-24-12-15-33-29(24)34-19-25(28)35-30(38)26-11-10-23(42-26)9-7-5-4-6-8-21(18-32)31(40)37(2)20-27(39)41-3/h8,10-12,15,19,22H,4-7,9,13-14,16-17,20H2,1-3H3,(H,33,34)/b21-8+. The first kappa shape index (κ1) is 29.1. The van der Waals surface area contributed by atoms with Crippen molar-refractivity contribution in [3.05, 3.63) is 48.0 Å². The van der Waals surface area contributed by atoms with Gasteiger partial charge in [0.15, 0.2) is 11.6 Å². The minimum Gasteiger partial charge on any atom is -0.468 e. The third-order valence-electron chi connectivity index (χ3n) is 7.94. The van der Waals surface area contributed by atoms with Gasteiger partial charge in [0, 0.05) is 31.1 Å². The highest BCUT2D eigenvalue weighted by molar-refractivity contribution is 6.02. The molecular formula is C31H37N7O4. The van der Waals surface area contributed by atoms with Gasteiger partial charge in [-0.15, -0.1) is 0 Å². The number of likely N-dealkylation sites (N-methyl/N-ethyl adjacent to an activating group) is 1. The number of amides is 1. The number of nitrogens with zero attached hydrogens (tertiary/aromatic N) is 6. The van der Waals surface area contributed by atoms with Crippen LogP contribution in [0.15, 0.2) is 46.7 Å². The Kier molecular flexibility index (Phi) is 9.03. The van der Waals surface area contributed by atoms with Crippen molar-refractivity contribution in [1.82, 2.24) is 29.3 Å².